The first kappa shape index (κ1) is 14.1. The van der Waals surface area contributed by atoms with Crippen LogP contribution in [0.2, 0.25) is 0 Å². The summed E-state index contributed by atoms with van der Waals surface area (Å²) in [6.45, 7) is 0.227. The summed E-state index contributed by atoms with van der Waals surface area (Å²) in [4.78, 5) is 15.6. The Labute approximate surface area is 112 Å². The molecule has 0 radical (unpaired) electrons. The number of aryl methyl sites for hydroxylation is 1. The van der Waals surface area contributed by atoms with Crippen molar-refractivity contribution in [3.63, 3.8) is 0 Å². The maximum atomic E-state index is 12.4. The quantitative estimate of drug-likeness (QED) is 0.941. The second kappa shape index (κ2) is 5.36. The third-order valence-corrected chi connectivity index (χ3v) is 2.76. The van der Waals surface area contributed by atoms with Crippen molar-refractivity contribution < 1.29 is 13.2 Å². The number of nitrogens with one attached hydrogen (secondary N) is 1. The summed E-state index contributed by atoms with van der Waals surface area (Å²) in [5.74, 6) is 0.162. The minimum absolute atomic E-state index is 0.162. The molecule has 0 atom stereocenters. The molecule has 0 amide bonds. The topological polar surface area (TPSA) is 46.9 Å². The Morgan fingerprint density at radius 3 is 2.50 bits per heavy atom. The van der Waals surface area contributed by atoms with E-state index in [4.69, 9.17) is 0 Å². The third kappa shape index (κ3) is 3.17. The molecule has 1 aromatic carbocycles. The van der Waals surface area contributed by atoms with Gasteiger partial charge in [0.05, 0.1) is 5.56 Å². The number of rotatable bonds is 3. The molecule has 1 aromatic heterocycles. The van der Waals surface area contributed by atoms with E-state index in [1.807, 2.05) is 0 Å². The van der Waals surface area contributed by atoms with Gasteiger partial charge in [0.15, 0.2) is 5.82 Å². The molecule has 1 heterocycles. The van der Waals surface area contributed by atoms with Gasteiger partial charge >= 0.3 is 6.18 Å². The maximum Gasteiger partial charge on any atom is 0.416 e. The third-order valence-electron chi connectivity index (χ3n) is 2.76. The lowest BCUT2D eigenvalue weighted by atomic mass is 10.1. The minimum Gasteiger partial charge on any atom is -0.361 e. The highest BCUT2D eigenvalue weighted by Crippen LogP contribution is 2.29. The van der Waals surface area contributed by atoms with Gasteiger partial charge in [0.2, 0.25) is 0 Å². The van der Waals surface area contributed by atoms with E-state index in [1.54, 1.807) is 7.05 Å². The Morgan fingerprint density at radius 2 is 1.90 bits per heavy atom. The van der Waals surface area contributed by atoms with Crippen LogP contribution in [0.1, 0.15) is 11.1 Å². The Morgan fingerprint density at radius 1 is 1.25 bits per heavy atom. The number of aromatic nitrogens is 2. The zero-order chi connectivity index (χ0) is 14.8. The molecular weight excluding hydrogens is 271 g/mol. The number of halogens is 3. The number of alkyl halides is 3. The van der Waals surface area contributed by atoms with Crippen molar-refractivity contribution >= 4 is 5.82 Å². The first-order valence-corrected chi connectivity index (χ1v) is 5.79. The molecular formula is C13H12F3N3O. The second-order valence-corrected chi connectivity index (χ2v) is 4.24. The number of hydrogen-bond acceptors (Lipinski definition) is 3. The lowest BCUT2D eigenvalue weighted by Gasteiger charge is -2.09. The van der Waals surface area contributed by atoms with Crippen molar-refractivity contribution in [2.75, 3.05) is 5.32 Å². The van der Waals surface area contributed by atoms with E-state index in [1.165, 1.54) is 29.1 Å². The van der Waals surface area contributed by atoms with Crippen molar-refractivity contribution in [2.45, 2.75) is 12.7 Å². The summed E-state index contributed by atoms with van der Waals surface area (Å²) in [6.07, 6.45) is -1.36. The van der Waals surface area contributed by atoms with Crippen molar-refractivity contribution in [1.82, 2.24) is 9.55 Å². The smallest absolute Gasteiger partial charge is 0.361 e. The molecule has 0 aliphatic rings. The summed E-state index contributed by atoms with van der Waals surface area (Å²) < 4.78 is 38.6. The van der Waals surface area contributed by atoms with Gasteiger partial charge in [-0.05, 0) is 17.7 Å². The molecule has 20 heavy (non-hydrogen) atoms. The van der Waals surface area contributed by atoms with Crippen molar-refractivity contribution in [3.05, 3.63) is 58.1 Å². The molecule has 0 saturated carbocycles. The van der Waals surface area contributed by atoms with Crippen LogP contribution in [0.4, 0.5) is 19.0 Å². The molecule has 1 N–H and O–H groups in total. The Balaban J connectivity index is 2.08. The lowest BCUT2D eigenvalue weighted by molar-refractivity contribution is -0.137. The fourth-order valence-corrected chi connectivity index (χ4v) is 1.62. The summed E-state index contributed by atoms with van der Waals surface area (Å²) in [6, 6.07) is 4.74. The van der Waals surface area contributed by atoms with Crippen LogP contribution in [0, 0.1) is 0 Å². The zero-order valence-electron chi connectivity index (χ0n) is 10.6. The van der Waals surface area contributed by atoms with Gasteiger partial charge in [-0.25, -0.2) is 4.98 Å². The molecule has 0 saturated heterocycles. The van der Waals surface area contributed by atoms with E-state index in [-0.39, 0.29) is 17.9 Å². The van der Waals surface area contributed by atoms with Gasteiger partial charge < -0.3 is 9.88 Å². The number of hydrogen-bond donors (Lipinski definition) is 1. The van der Waals surface area contributed by atoms with Gasteiger partial charge in [-0.1, -0.05) is 12.1 Å². The number of nitrogens with zero attached hydrogens (tertiary/aromatic N) is 2. The molecule has 4 nitrogen and oxygen atoms in total. The molecule has 0 aliphatic heterocycles. The predicted molar refractivity (Wildman–Crippen MR) is 68.2 cm³/mol. The van der Waals surface area contributed by atoms with E-state index in [0.29, 0.717) is 5.56 Å². The van der Waals surface area contributed by atoms with E-state index >= 15 is 0 Å². The monoisotopic (exact) mass is 283 g/mol. The summed E-state index contributed by atoms with van der Waals surface area (Å²) in [7, 11) is 1.59. The highest BCUT2D eigenvalue weighted by Gasteiger charge is 2.29. The Bertz CT molecular complexity index is 647. The average Bonchev–Trinajstić information content (AvgIpc) is 2.40. The molecule has 7 heteroatoms. The standard InChI is InChI=1S/C13H12F3N3O/c1-19-7-6-17-11(12(19)20)18-8-9-2-4-10(5-3-9)13(14,15)16/h2-7H,8H2,1H3,(H,17,18). The van der Waals surface area contributed by atoms with Gasteiger partial charge in [0.25, 0.3) is 5.56 Å². The Hall–Kier alpha value is -2.31. The van der Waals surface area contributed by atoms with Gasteiger partial charge in [0, 0.05) is 26.0 Å². The summed E-state index contributed by atoms with van der Waals surface area (Å²) in [5.41, 5.74) is -0.361. The second-order valence-electron chi connectivity index (χ2n) is 4.24. The number of benzene rings is 1. The molecule has 2 aromatic rings. The van der Waals surface area contributed by atoms with Crippen molar-refractivity contribution in [1.29, 1.82) is 0 Å². The largest absolute Gasteiger partial charge is 0.416 e. The van der Waals surface area contributed by atoms with Gasteiger partial charge in [-0.3, -0.25) is 4.79 Å². The van der Waals surface area contributed by atoms with Crippen LogP contribution in [0.15, 0.2) is 41.5 Å². The van der Waals surface area contributed by atoms with Crippen LogP contribution in [0.3, 0.4) is 0 Å². The average molecular weight is 283 g/mol. The van der Waals surface area contributed by atoms with Crippen molar-refractivity contribution in [2.24, 2.45) is 7.05 Å². The molecule has 0 spiro atoms. The van der Waals surface area contributed by atoms with Crippen LogP contribution < -0.4 is 10.9 Å². The number of anilines is 1. The van der Waals surface area contributed by atoms with E-state index < -0.39 is 11.7 Å². The van der Waals surface area contributed by atoms with Crippen LogP contribution in [-0.2, 0) is 19.8 Å². The van der Waals surface area contributed by atoms with Crippen molar-refractivity contribution in [3.8, 4) is 0 Å². The first-order valence-electron chi connectivity index (χ1n) is 5.79. The van der Waals surface area contributed by atoms with Crippen LogP contribution >= 0.6 is 0 Å². The molecule has 0 bridgehead atoms. The van der Waals surface area contributed by atoms with E-state index in [0.717, 1.165) is 12.1 Å². The molecule has 0 unspecified atom stereocenters. The fraction of sp³-hybridized carbons (Fsp3) is 0.231. The first-order chi connectivity index (χ1) is 9.38. The van der Waals surface area contributed by atoms with Crippen LogP contribution in [0.5, 0.6) is 0 Å². The maximum absolute atomic E-state index is 12.4. The molecule has 0 fully saturated rings. The van der Waals surface area contributed by atoms with E-state index in [9.17, 15) is 18.0 Å². The van der Waals surface area contributed by atoms with Crippen LogP contribution in [-0.4, -0.2) is 9.55 Å². The van der Waals surface area contributed by atoms with Gasteiger partial charge in [-0.15, -0.1) is 0 Å². The molecule has 0 aliphatic carbocycles. The lowest BCUT2D eigenvalue weighted by Crippen LogP contribution is -2.21. The molecule has 106 valence electrons. The highest BCUT2D eigenvalue weighted by atomic mass is 19.4. The minimum atomic E-state index is -4.34. The predicted octanol–water partition coefficient (Wildman–Crippen LogP) is 2.41. The molecule has 2 rings (SSSR count). The van der Waals surface area contributed by atoms with Crippen LogP contribution in [0.25, 0.3) is 0 Å². The SMILES string of the molecule is Cn1ccnc(NCc2ccc(C(F)(F)F)cc2)c1=O. The van der Waals surface area contributed by atoms with Gasteiger partial charge in [0.1, 0.15) is 0 Å². The van der Waals surface area contributed by atoms with Gasteiger partial charge in [-0.2, -0.15) is 13.2 Å². The zero-order valence-corrected chi connectivity index (χ0v) is 10.6. The summed E-state index contributed by atoms with van der Waals surface area (Å²) >= 11 is 0. The fourth-order valence-electron chi connectivity index (χ4n) is 1.62. The highest BCUT2D eigenvalue weighted by molar-refractivity contribution is 5.33. The normalized spacial score (nSPS) is 11.4. The van der Waals surface area contributed by atoms with E-state index in [2.05, 4.69) is 10.3 Å². The Kier molecular flexibility index (Phi) is 3.78. The summed E-state index contributed by atoms with van der Waals surface area (Å²) in [5, 5.41) is 2.80.